The highest BCUT2D eigenvalue weighted by molar-refractivity contribution is 5.94. The minimum atomic E-state index is -1.47. The van der Waals surface area contributed by atoms with Crippen molar-refractivity contribution in [2.45, 2.75) is 140 Å². The Kier molecular flexibility index (Phi) is 9.87. The second kappa shape index (κ2) is 14.2. The van der Waals surface area contributed by atoms with Crippen molar-refractivity contribution in [1.29, 1.82) is 0 Å². The van der Waals surface area contributed by atoms with Crippen LogP contribution in [0, 0.1) is 22.7 Å². The summed E-state index contributed by atoms with van der Waals surface area (Å²) in [5, 5.41) is 14.8. The average molecular weight is 781 g/mol. The van der Waals surface area contributed by atoms with Gasteiger partial charge in [-0.1, -0.05) is 38.1 Å². The standard InChI is InChI=1S/C41H52N2O13/c1-38(2,3)53-29(46)16-14-26(20-44)42-37(49)40-18-27-30-31(55-41(54-30,24-10-11-24)25-12-13-25)33(40)56-43(32(40)35(47)51-27)19-23-8-6-7-22(17-23)9-15-28(45)52-34-36(48)50-21-39(34,4)5/h6-9,15,17,24-27,30-34,44H,10-14,16,18-21H2,1-5H3,(H,42,49). The van der Waals surface area contributed by atoms with Crippen molar-refractivity contribution in [1.82, 2.24) is 10.4 Å². The fourth-order valence-electron chi connectivity index (χ4n) is 9.11. The largest absolute Gasteiger partial charge is 0.462 e. The number of esters is 4. The van der Waals surface area contributed by atoms with Crippen LogP contribution in [0.4, 0.5) is 0 Å². The molecule has 8 atom stereocenters. The number of hydroxylamine groups is 2. The van der Waals surface area contributed by atoms with Gasteiger partial charge in [-0.25, -0.2) is 9.59 Å². The summed E-state index contributed by atoms with van der Waals surface area (Å²) in [6.45, 7) is 8.67. The molecule has 1 aromatic rings. The Balaban J connectivity index is 1.04. The van der Waals surface area contributed by atoms with Gasteiger partial charge < -0.3 is 38.8 Å². The molecular weight excluding hydrogens is 728 g/mol. The molecule has 4 aliphatic heterocycles. The lowest BCUT2D eigenvalue weighted by Crippen LogP contribution is -2.70. The predicted molar refractivity (Wildman–Crippen MR) is 193 cm³/mol. The van der Waals surface area contributed by atoms with E-state index in [1.165, 1.54) is 11.1 Å². The summed E-state index contributed by atoms with van der Waals surface area (Å²) in [6, 6.07) is 5.26. The molecule has 15 heteroatoms. The molecule has 2 bridgehead atoms. The Morgan fingerprint density at radius 2 is 1.77 bits per heavy atom. The Labute approximate surface area is 325 Å². The van der Waals surface area contributed by atoms with Crippen molar-refractivity contribution in [2.75, 3.05) is 13.2 Å². The van der Waals surface area contributed by atoms with Crippen LogP contribution in [0.5, 0.6) is 0 Å². The van der Waals surface area contributed by atoms with Crippen LogP contribution in [0.2, 0.25) is 0 Å². The third-order valence-electron chi connectivity index (χ3n) is 12.0. The lowest BCUT2D eigenvalue weighted by atomic mass is 9.62. The van der Waals surface area contributed by atoms with Crippen molar-refractivity contribution in [2.24, 2.45) is 22.7 Å². The number of hydrogen-bond donors (Lipinski definition) is 2. The number of fused-ring (bicyclic) bond motifs is 4. The Bertz CT molecular complexity index is 1780. The first-order chi connectivity index (χ1) is 26.5. The molecular formula is C41H52N2O13. The van der Waals surface area contributed by atoms with Crippen molar-refractivity contribution < 1.29 is 62.3 Å². The number of rotatable bonds is 13. The van der Waals surface area contributed by atoms with E-state index in [0.29, 0.717) is 11.1 Å². The number of aliphatic hydroxyl groups is 1. The molecule has 56 heavy (non-hydrogen) atoms. The molecule has 3 saturated carbocycles. The van der Waals surface area contributed by atoms with E-state index >= 15 is 0 Å². The summed E-state index contributed by atoms with van der Waals surface area (Å²) in [5.41, 5.74) is -1.45. The first-order valence-corrected chi connectivity index (χ1v) is 19.8. The number of ether oxygens (including phenoxy) is 6. The average Bonchev–Trinajstić information content (AvgIpc) is 4.08. The fraction of sp³-hybridized carbons (Fsp3) is 0.683. The van der Waals surface area contributed by atoms with Crippen LogP contribution >= 0.6 is 0 Å². The van der Waals surface area contributed by atoms with Crippen LogP contribution < -0.4 is 5.32 Å². The zero-order valence-electron chi connectivity index (χ0n) is 32.5. The first-order valence-electron chi connectivity index (χ1n) is 19.8. The van der Waals surface area contributed by atoms with Crippen LogP contribution in [0.1, 0.15) is 90.7 Å². The van der Waals surface area contributed by atoms with E-state index in [1.54, 1.807) is 52.8 Å². The van der Waals surface area contributed by atoms with E-state index in [4.69, 9.17) is 33.3 Å². The maximum Gasteiger partial charge on any atom is 0.348 e. The van der Waals surface area contributed by atoms with E-state index in [2.05, 4.69) is 5.32 Å². The summed E-state index contributed by atoms with van der Waals surface area (Å²) in [6.07, 6.45) is 2.86. The molecule has 3 aliphatic carbocycles. The summed E-state index contributed by atoms with van der Waals surface area (Å²) in [4.78, 5) is 73.0. The highest BCUT2D eigenvalue weighted by Crippen LogP contribution is 2.63. The van der Waals surface area contributed by atoms with Gasteiger partial charge in [-0.3, -0.25) is 19.2 Å². The molecule has 7 fully saturated rings. The van der Waals surface area contributed by atoms with Gasteiger partial charge in [0.25, 0.3) is 0 Å². The van der Waals surface area contributed by atoms with Gasteiger partial charge in [-0.15, -0.1) is 0 Å². The number of nitrogens with one attached hydrogen (secondary N) is 1. The monoisotopic (exact) mass is 780 g/mol. The third-order valence-corrected chi connectivity index (χ3v) is 12.0. The SMILES string of the molecule is CC(C)(C)OC(=O)CCC(CO)NC(=O)C12CC3OC(=O)C1N(Cc1cccc(C=CC(=O)OC4C(=O)OCC4(C)C)c1)OC2C1OC(C2CC2)(C2CC2)OC31. The van der Waals surface area contributed by atoms with Crippen LogP contribution in [-0.4, -0.2) is 107 Å². The minimum Gasteiger partial charge on any atom is -0.462 e. The molecule has 304 valence electrons. The van der Waals surface area contributed by atoms with Crippen molar-refractivity contribution in [3.05, 3.63) is 41.5 Å². The molecule has 1 aromatic carbocycles. The van der Waals surface area contributed by atoms with Gasteiger partial charge in [0.2, 0.25) is 12.0 Å². The molecule has 4 heterocycles. The molecule has 1 amide bonds. The number of nitrogens with zero attached hydrogens (tertiary/aromatic N) is 1. The number of carbonyl (C=O) groups excluding carboxylic acids is 5. The summed E-state index contributed by atoms with van der Waals surface area (Å²) in [7, 11) is 0. The second-order valence-electron chi connectivity index (χ2n) is 18.1. The first kappa shape index (κ1) is 39.0. The van der Waals surface area contributed by atoms with E-state index < -0.39 is 101 Å². The zero-order valence-corrected chi connectivity index (χ0v) is 32.5. The number of hydrogen-bond acceptors (Lipinski definition) is 14. The Hall–Kier alpha value is -3.89. The molecule has 8 unspecified atom stereocenters. The van der Waals surface area contributed by atoms with Crippen LogP contribution in [-0.2, 0) is 63.8 Å². The zero-order chi connectivity index (χ0) is 39.8. The lowest BCUT2D eigenvalue weighted by molar-refractivity contribution is -0.235. The summed E-state index contributed by atoms with van der Waals surface area (Å²) >= 11 is 0. The van der Waals surface area contributed by atoms with Gasteiger partial charge in [-0.2, -0.15) is 5.06 Å². The van der Waals surface area contributed by atoms with Crippen LogP contribution in [0.15, 0.2) is 30.3 Å². The van der Waals surface area contributed by atoms with Crippen LogP contribution in [0.25, 0.3) is 6.08 Å². The highest BCUT2D eigenvalue weighted by atomic mass is 16.8. The number of benzene rings is 1. The van der Waals surface area contributed by atoms with Gasteiger partial charge in [-0.05, 0) is 70.1 Å². The smallest absolute Gasteiger partial charge is 0.348 e. The normalized spacial score (nSPS) is 33.4. The fourth-order valence-corrected chi connectivity index (χ4v) is 9.11. The minimum absolute atomic E-state index is 0.0313. The predicted octanol–water partition coefficient (Wildman–Crippen LogP) is 2.89. The second-order valence-corrected chi connectivity index (χ2v) is 18.1. The van der Waals surface area contributed by atoms with Crippen LogP contribution in [0.3, 0.4) is 0 Å². The summed E-state index contributed by atoms with van der Waals surface area (Å²) in [5.74, 6) is -3.24. The van der Waals surface area contributed by atoms with Gasteiger partial charge in [0.05, 0.1) is 19.2 Å². The lowest BCUT2D eigenvalue weighted by Gasteiger charge is -2.49. The van der Waals surface area contributed by atoms with Crippen molar-refractivity contribution in [3.8, 4) is 0 Å². The van der Waals surface area contributed by atoms with E-state index in [1.807, 2.05) is 12.1 Å². The number of amides is 1. The van der Waals surface area contributed by atoms with Crippen molar-refractivity contribution in [3.63, 3.8) is 0 Å². The molecule has 8 rings (SSSR count). The van der Waals surface area contributed by atoms with E-state index in [-0.39, 0.29) is 44.2 Å². The maximum atomic E-state index is 14.8. The van der Waals surface area contributed by atoms with E-state index in [9.17, 15) is 29.1 Å². The number of carbonyl (C=O) groups is 5. The quantitative estimate of drug-likeness (QED) is 0.169. The molecule has 15 nitrogen and oxygen atoms in total. The Morgan fingerprint density at radius 3 is 2.41 bits per heavy atom. The van der Waals surface area contributed by atoms with Gasteiger partial charge in [0, 0.05) is 36.2 Å². The molecule has 0 aromatic heterocycles. The third kappa shape index (κ3) is 7.14. The maximum absolute atomic E-state index is 14.8. The number of aliphatic hydroxyl groups excluding tert-OH is 1. The topological polar surface area (TPSA) is 185 Å². The van der Waals surface area contributed by atoms with Gasteiger partial charge in [0.15, 0.2) is 11.8 Å². The number of cyclic esters (lactones) is 1. The van der Waals surface area contributed by atoms with Gasteiger partial charge in [0.1, 0.15) is 42.0 Å². The summed E-state index contributed by atoms with van der Waals surface area (Å²) < 4.78 is 35.8. The molecule has 0 radical (unpaired) electrons. The molecule has 7 aliphatic rings. The molecule has 4 saturated heterocycles. The van der Waals surface area contributed by atoms with Crippen molar-refractivity contribution >= 4 is 35.9 Å². The Morgan fingerprint density at radius 1 is 1.05 bits per heavy atom. The highest BCUT2D eigenvalue weighted by Gasteiger charge is 2.78. The molecule has 0 spiro atoms. The van der Waals surface area contributed by atoms with E-state index in [0.717, 1.165) is 25.7 Å². The molecule has 2 N–H and O–H groups in total. The van der Waals surface area contributed by atoms with Gasteiger partial charge >= 0.3 is 23.9 Å².